The van der Waals surface area contributed by atoms with E-state index in [-0.39, 0.29) is 0 Å². The fourth-order valence-electron chi connectivity index (χ4n) is 1.01. The number of alkyl halides is 3. The van der Waals surface area contributed by atoms with Crippen molar-refractivity contribution in [1.29, 1.82) is 5.26 Å². The summed E-state index contributed by atoms with van der Waals surface area (Å²) >= 11 is 0. The highest BCUT2D eigenvalue weighted by Crippen LogP contribution is 2.20. The van der Waals surface area contributed by atoms with E-state index in [2.05, 4.69) is 18.6 Å². The second-order valence-electron chi connectivity index (χ2n) is 3.84. The van der Waals surface area contributed by atoms with Crippen LogP contribution in [0.2, 0.25) is 0 Å². The zero-order valence-electron chi connectivity index (χ0n) is 10.6. The van der Waals surface area contributed by atoms with E-state index < -0.39 is 15.6 Å². The minimum absolute atomic E-state index is 0.442. The van der Waals surface area contributed by atoms with E-state index >= 15 is 0 Å². The first-order valence-electron chi connectivity index (χ1n) is 5.02. The SMILES string of the molecule is C[S+](C)Cc1ccc(C#N)cc1.O=S(=O)([O-])C(F)(F)F. The van der Waals surface area contributed by atoms with Gasteiger partial charge >= 0.3 is 5.51 Å². The molecular formula is C11H12F3NO3S2. The molecule has 20 heavy (non-hydrogen) atoms. The van der Waals surface area contributed by atoms with Crippen molar-refractivity contribution in [3.8, 4) is 6.07 Å². The Morgan fingerprint density at radius 1 is 1.25 bits per heavy atom. The van der Waals surface area contributed by atoms with Gasteiger partial charge in [0.15, 0.2) is 10.1 Å². The minimum atomic E-state index is -6.09. The number of hydrogen-bond acceptors (Lipinski definition) is 4. The van der Waals surface area contributed by atoms with Gasteiger partial charge in [-0.15, -0.1) is 0 Å². The maximum atomic E-state index is 10.7. The van der Waals surface area contributed by atoms with Crippen LogP contribution in [0.4, 0.5) is 13.2 Å². The van der Waals surface area contributed by atoms with Crippen LogP contribution in [-0.4, -0.2) is 31.0 Å². The fraction of sp³-hybridized carbons (Fsp3) is 0.364. The topological polar surface area (TPSA) is 81.0 Å². The van der Waals surface area contributed by atoms with Gasteiger partial charge in [-0.05, 0) is 23.0 Å². The van der Waals surface area contributed by atoms with Gasteiger partial charge in [-0.25, -0.2) is 8.42 Å². The summed E-state index contributed by atoms with van der Waals surface area (Å²) in [5.74, 6) is 1.12. The van der Waals surface area contributed by atoms with E-state index in [0.717, 1.165) is 11.3 Å². The minimum Gasteiger partial charge on any atom is -0.741 e. The highest BCUT2D eigenvalue weighted by Gasteiger charge is 2.36. The van der Waals surface area contributed by atoms with E-state index in [9.17, 15) is 13.2 Å². The molecule has 0 bridgehead atoms. The smallest absolute Gasteiger partial charge is 0.485 e. The zero-order valence-corrected chi connectivity index (χ0v) is 12.3. The third-order valence-electron chi connectivity index (χ3n) is 1.82. The van der Waals surface area contributed by atoms with E-state index in [0.29, 0.717) is 10.9 Å². The van der Waals surface area contributed by atoms with Crippen LogP contribution < -0.4 is 0 Å². The Balaban J connectivity index is 0.000000396. The average molecular weight is 327 g/mol. The lowest BCUT2D eigenvalue weighted by molar-refractivity contribution is -0.0517. The summed E-state index contributed by atoms with van der Waals surface area (Å²) in [7, 11) is -5.65. The second-order valence-corrected chi connectivity index (χ2v) is 7.47. The molecule has 0 heterocycles. The van der Waals surface area contributed by atoms with Crippen LogP contribution in [0.1, 0.15) is 11.1 Å². The van der Waals surface area contributed by atoms with E-state index in [1.807, 2.05) is 24.3 Å². The van der Waals surface area contributed by atoms with Crippen molar-refractivity contribution in [2.45, 2.75) is 11.3 Å². The lowest BCUT2D eigenvalue weighted by Gasteiger charge is -2.08. The van der Waals surface area contributed by atoms with Gasteiger partial charge < -0.3 is 4.55 Å². The van der Waals surface area contributed by atoms with Crippen molar-refractivity contribution in [3.63, 3.8) is 0 Å². The molecule has 0 saturated heterocycles. The van der Waals surface area contributed by atoms with Crippen LogP contribution in [-0.2, 0) is 26.8 Å². The molecule has 0 saturated carbocycles. The quantitative estimate of drug-likeness (QED) is 0.472. The number of hydrogen-bond donors (Lipinski definition) is 0. The molecule has 0 aliphatic rings. The summed E-state index contributed by atoms with van der Waals surface area (Å²) in [5.41, 5.74) is -3.58. The van der Waals surface area contributed by atoms with Crippen LogP contribution in [0, 0.1) is 11.3 Å². The Morgan fingerprint density at radius 2 is 1.65 bits per heavy atom. The molecule has 0 aliphatic carbocycles. The summed E-state index contributed by atoms with van der Waals surface area (Å²) in [6, 6.07) is 9.93. The molecular weight excluding hydrogens is 315 g/mol. The standard InChI is InChI=1S/C10H12NS.CHF3O3S/c1-12(2)8-10-5-3-9(7-11)4-6-10;2-1(3,4)8(5,6)7/h3-6H,8H2,1-2H3;(H,5,6,7)/q+1;/p-1. The number of nitriles is 1. The van der Waals surface area contributed by atoms with Crippen LogP contribution >= 0.6 is 0 Å². The summed E-state index contributed by atoms with van der Waals surface area (Å²) in [6.45, 7) is 0. The molecule has 0 aliphatic heterocycles. The Bertz CT molecular complexity index is 560. The first-order chi connectivity index (χ1) is 8.97. The molecule has 1 aromatic rings. The summed E-state index contributed by atoms with van der Waals surface area (Å²) < 4.78 is 58.9. The summed E-state index contributed by atoms with van der Waals surface area (Å²) in [5, 5.41) is 8.56. The van der Waals surface area contributed by atoms with Gasteiger partial charge in [-0.3, -0.25) is 0 Å². The molecule has 0 N–H and O–H groups in total. The third kappa shape index (κ3) is 7.37. The van der Waals surface area contributed by atoms with E-state index in [1.165, 1.54) is 5.56 Å². The van der Waals surface area contributed by atoms with Crippen molar-refractivity contribution in [1.82, 2.24) is 0 Å². The van der Waals surface area contributed by atoms with Gasteiger partial charge in [0.25, 0.3) is 0 Å². The van der Waals surface area contributed by atoms with Crippen LogP contribution in [0.25, 0.3) is 0 Å². The number of rotatable bonds is 2. The Morgan fingerprint density at radius 3 is 1.90 bits per heavy atom. The predicted molar refractivity (Wildman–Crippen MR) is 69.8 cm³/mol. The Hall–Kier alpha value is -1.24. The predicted octanol–water partition coefficient (Wildman–Crippen LogP) is 1.99. The lowest BCUT2D eigenvalue weighted by Crippen LogP contribution is -2.21. The van der Waals surface area contributed by atoms with Gasteiger partial charge in [0.1, 0.15) is 5.75 Å². The molecule has 4 nitrogen and oxygen atoms in total. The molecule has 112 valence electrons. The van der Waals surface area contributed by atoms with Crippen molar-refractivity contribution < 1.29 is 26.1 Å². The first-order valence-corrected chi connectivity index (χ1v) is 8.64. The Labute approximate surface area is 118 Å². The van der Waals surface area contributed by atoms with Gasteiger partial charge in [0.05, 0.1) is 24.1 Å². The van der Waals surface area contributed by atoms with Gasteiger partial charge in [0, 0.05) is 5.56 Å². The number of nitrogens with zero attached hydrogens (tertiary/aromatic N) is 1. The van der Waals surface area contributed by atoms with Crippen LogP contribution in [0.5, 0.6) is 0 Å². The van der Waals surface area contributed by atoms with Crippen LogP contribution in [0.3, 0.4) is 0 Å². The van der Waals surface area contributed by atoms with Crippen molar-refractivity contribution >= 4 is 21.0 Å². The summed E-state index contributed by atoms with van der Waals surface area (Å²) in [6.07, 6.45) is 4.44. The lowest BCUT2D eigenvalue weighted by atomic mass is 10.2. The molecule has 0 atom stereocenters. The third-order valence-corrected chi connectivity index (χ3v) is 3.30. The monoisotopic (exact) mass is 327 g/mol. The highest BCUT2D eigenvalue weighted by atomic mass is 32.2. The molecule has 1 aromatic carbocycles. The van der Waals surface area contributed by atoms with Gasteiger partial charge in [-0.1, -0.05) is 12.1 Å². The summed E-state index contributed by atoms with van der Waals surface area (Å²) in [4.78, 5) is 0. The zero-order chi connectivity index (χ0) is 16.0. The van der Waals surface area contributed by atoms with Gasteiger partial charge in [-0.2, -0.15) is 18.4 Å². The molecule has 0 spiro atoms. The van der Waals surface area contributed by atoms with Crippen molar-refractivity contribution in [3.05, 3.63) is 35.4 Å². The average Bonchev–Trinajstić information content (AvgIpc) is 2.27. The number of halogens is 3. The first kappa shape index (κ1) is 18.8. The second kappa shape index (κ2) is 7.52. The molecule has 0 radical (unpaired) electrons. The molecule has 0 aromatic heterocycles. The van der Waals surface area contributed by atoms with E-state index in [1.54, 1.807) is 0 Å². The van der Waals surface area contributed by atoms with Crippen LogP contribution in [0.15, 0.2) is 24.3 Å². The van der Waals surface area contributed by atoms with Gasteiger partial charge in [0.2, 0.25) is 0 Å². The van der Waals surface area contributed by atoms with E-state index in [4.69, 9.17) is 18.2 Å². The molecule has 9 heteroatoms. The molecule has 0 amide bonds. The van der Waals surface area contributed by atoms with Crippen molar-refractivity contribution in [2.24, 2.45) is 0 Å². The largest absolute Gasteiger partial charge is 0.741 e. The molecule has 1 rings (SSSR count). The maximum Gasteiger partial charge on any atom is 0.485 e. The highest BCUT2D eigenvalue weighted by molar-refractivity contribution is 7.94. The molecule has 0 unspecified atom stereocenters. The van der Waals surface area contributed by atoms with Crippen molar-refractivity contribution in [2.75, 3.05) is 12.5 Å². The maximum absolute atomic E-state index is 10.7. The molecule has 0 fully saturated rings. The normalized spacial score (nSPS) is 11.5. The number of benzene rings is 1. The fourth-order valence-corrected chi connectivity index (χ4v) is 1.87. The Kier molecular flexibility index (Phi) is 7.05.